The number of ether oxygens (including phenoxy) is 1. The zero-order chi connectivity index (χ0) is 14.7. The van der Waals surface area contributed by atoms with Crippen LogP contribution in [0.25, 0.3) is 0 Å². The van der Waals surface area contributed by atoms with Gasteiger partial charge in [0.05, 0.1) is 5.02 Å². The molecule has 104 valence electrons. The van der Waals surface area contributed by atoms with E-state index in [1.54, 1.807) is 0 Å². The molecule has 0 atom stereocenters. The Labute approximate surface area is 121 Å². The summed E-state index contributed by atoms with van der Waals surface area (Å²) in [5.41, 5.74) is 2.54. The standard InChI is InChI=1S/C15H13ClFNO2/c1-9-4-3-5-10(2)14(9)18-15(19)20-13-7-6-11(17)8-12(13)16/h3-8H,1-2H3,(H,18,19). The Morgan fingerprint density at radius 2 is 1.85 bits per heavy atom. The van der Waals surface area contributed by atoms with Crippen molar-refractivity contribution >= 4 is 23.4 Å². The molecule has 0 aromatic heterocycles. The summed E-state index contributed by atoms with van der Waals surface area (Å²) < 4.78 is 18.0. The van der Waals surface area contributed by atoms with Gasteiger partial charge in [0.2, 0.25) is 0 Å². The molecule has 2 rings (SSSR count). The first-order chi connectivity index (χ1) is 9.47. The lowest BCUT2D eigenvalue weighted by atomic mass is 10.1. The van der Waals surface area contributed by atoms with Crippen molar-refractivity contribution in [2.45, 2.75) is 13.8 Å². The number of halogens is 2. The number of hydrogen-bond acceptors (Lipinski definition) is 2. The number of carbonyl (C=O) groups is 1. The van der Waals surface area contributed by atoms with E-state index in [1.807, 2.05) is 32.0 Å². The highest BCUT2D eigenvalue weighted by atomic mass is 35.5. The lowest BCUT2D eigenvalue weighted by molar-refractivity contribution is 0.215. The van der Waals surface area contributed by atoms with Gasteiger partial charge in [0.15, 0.2) is 5.75 Å². The minimum absolute atomic E-state index is 0.0432. The van der Waals surface area contributed by atoms with Crippen LogP contribution in [0.5, 0.6) is 5.75 Å². The van der Waals surface area contributed by atoms with E-state index in [2.05, 4.69) is 5.32 Å². The number of rotatable bonds is 2. The average molecular weight is 294 g/mol. The molecule has 0 aliphatic rings. The van der Waals surface area contributed by atoms with Gasteiger partial charge in [-0.15, -0.1) is 0 Å². The molecule has 2 aromatic rings. The molecule has 5 heteroatoms. The molecule has 0 unspecified atom stereocenters. The highest BCUT2D eigenvalue weighted by Gasteiger charge is 2.11. The summed E-state index contributed by atoms with van der Waals surface area (Å²) in [6.07, 6.45) is -0.670. The lowest BCUT2D eigenvalue weighted by Gasteiger charge is -2.12. The van der Waals surface area contributed by atoms with Crippen LogP contribution in [-0.2, 0) is 0 Å². The second-order valence-electron chi connectivity index (χ2n) is 4.36. The summed E-state index contributed by atoms with van der Waals surface area (Å²) in [5, 5.41) is 2.70. The van der Waals surface area contributed by atoms with Gasteiger partial charge in [-0.2, -0.15) is 0 Å². The van der Waals surface area contributed by atoms with Crippen molar-refractivity contribution < 1.29 is 13.9 Å². The van der Waals surface area contributed by atoms with Gasteiger partial charge >= 0.3 is 6.09 Å². The van der Waals surface area contributed by atoms with E-state index in [9.17, 15) is 9.18 Å². The average Bonchev–Trinajstić information content (AvgIpc) is 2.37. The third-order valence-corrected chi connectivity index (χ3v) is 3.10. The van der Waals surface area contributed by atoms with Gasteiger partial charge in [0, 0.05) is 5.69 Å². The predicted molar refractivity (Wildman–Crippen MR) is 77.0 cm³/mol. The van der Waals surface area contributed by atoms with Gasteiger partial charge in [-0.25, -0.2) is 9.18 Å². The Kier molecular flexibility index (Phi) is 4.25. The van der Waals surface area contributed by atoms with Crippen LogP contribution in [-0.4, -0.2) is 6.09 Å². The van der Waals surface area contributed by atoms with E-state index < -0.39 is 11.9 Å². The fourth-order valence-electron chi connectivity index (χ4n) is 1.80. The molecule has 0 aliphatic heterocycles. The SMILES string of the molecule is Cc1cccc(C)c1NC(=O)Oc1ccc(F)cc1Cl. The van der Waals surface area contributed by atoms with E-state index in [1.165, 1.54) is 12.1 Å². The van der Waals surface area contributed by atoms with Crippen LogP contribution in [0, 0.1) is 19.7 Å². The molecule has 0 saturated carbocycles. The zero-order valence-corrected chi connectivity index (χ0v) is 11.8. The van der Waals surface area contributed by atoms with Crippen LogP contribution in [0.15, 0.2) is 36.4 Å². The van der Waals surface area contributed by atoms with E-state index in [4.69, 9.17) is 16.3 Å². The van der Waals surface area contributed by atoms with Crippen molar-refractivity contribution in [3.8, 4) is 5.75 Å². The molecule has 0 fully saturated rings. The third-order valence-electron chi connectivity index (χ3n) is 2.80. The molecule has 0 spiro atoms. The summed E-state index contributed by atoms with van der Waals surface area (Å²) in [5.74, 6) is -0.380. The minimum Gasteiger partial charge on any atom is -0.408 e. The summed E-state index contributed by atoms with van der Waals surface area (Å²) in [6, 6.07) is 9.23. The number of anilines is 1. The number of amides is 1. The van der Waals surface area contributed by atoms with Crippen molar-refractivity contribution in [3.63, 3.8) is 0 Å². The van der Waals surface area contributed by atoms with Crippen LogP contribution in [0.4, 0.5) is 14.9 Å². The van der Waals surface area contributed by atoms with E-state index in [0.717, 1.165) is 17.2 Å². The maximum absolute atomic E-state index is 12.9. The Morgan fingerprint density at radius 3 is 2.45 bits per heavy atom. The van der Waals surface area contributed by atoms with Gasteiger partial charge in [0.25, 0.3) is 0 Å². The zero-order valence-electron chi connectivity index (χ0n) is 11.0. The number of hydrogen-bond donors (Lipinski definition) is 1. The summed E-state index contributed by atoms with van der Waals surface area (Å²) in [7, 11) is 0. The molecule has 1 N–H and O–H groups in total. The topological polar surface area (TPSA) is 38.3 Å². The Bertz CT molecular complexity index is 638. The van der Waals surface area contributed by atoms with Gasteiger partial charge in [-0.05, 0) is 43.2 Å². The second-order valence-corrected chi connectivity index (χ2v) is 4.76. The summed E-state index contributed by atoms with van der Waals surface area (Å²) >= 11 is 5.79. The van der Waals surface area contributed by atoms with Gasteiger partial charge in [-0.1, -0.05) is 29.8 Å². The maximum Gasteiger partial charge on any atom is 0.417 e. The Morgan fingerprint density at radius 1 is 1.20 bits per heavy atom. The number of para-hydroxylation sites is 1. The van der Waals surface area contributed by atoms with Crippen molar-refractivity contribution in [2.24, 2.45) is 0 Å². The normalized spacial score (nSPS) is 10.2. The molecule has 0 bridgehead atoms. The van der Waals surface area contributed by atoms with Crippen LogP contribution in [0.1, 0.15) is 11.1 Å². The second kappa shape index (κ2) is 5.92. The molecule has 0 saturated heterocycles. The van der Waals surface area contributed by atoms with Crippen LogP contribution in [0.2, 0.25) is 5.02 Å². The van der Waals surface area contributed by atoms with E-state index in [-0.39, 0.29) is 10.8 Å². The summed E-state index contributed by atoms with van der Waals surface area (Å²) in [6.45, 7) is 3.76. The first-order valence-electron chi connectivity index (χ1n) is 5.97. The monoisotopic (exact) mass is 293 g/mol. The Balaban J connectivity index is 2.13. The van der Waals surface area contributed by atoms with Crippen molar-refractivity contribution in [1.82, 2.24) is 0 Å². The molecule has 3 nitrogen and oxygen atoms in total. The molecular formula is C15H13ClFNO2. The maximum atomic E-state index is 12.9. The number of nitrogens with one attached hydrogen (secondary N) is 1. The first-order valence-corrected chi connectivity index (χ1v) is 6.35. The van der Waals surface area contributed by atoms with Gasteiger partial charge in [0.1, 0.15) is 5.82 Å². The smallest absolute Gasteiger partial charge is 0.408 e. The fourth-order valence-corrected chi connectivity index (χ4v) is 2.00. The number of carbonyl (C=O) groups excluding carboxylic acids is 1. The number of benzene rings is 2. The number of aryl methyl sites for hydroxylation is 2. The van der Waals surface area contributed by atoms with Crippen LogP contribution < -0.4 is 10.1 Å². The molecule has 0 radical (unpaired) electrons. The van der Waals surface area contributed by atoms with Gasteiger partial charge < -0.3 is 4.74 Å². The Hall–Kier alpha value is -2.07. The van der Waals surface area contributed by atoms with Crippen molar-refractivity contribution in [1.29, 1.82) is 0 Å². The molecule has 2 aromatic carbocycles. The highest BCUT2D eigenvalue weighted by Crippen LogP contribution is 2.26. The van der Waals surface area contributed by atoms with E-state index >= 15 is 0 Å². The quantitative estimate of drug-likeness (QED) is 0.871. The summed E-state index contributed by atoms with van der Waals surface area (Å²) in [4.78, 5) is 11.8. The van der Waals surface area contributed by atoms with Crippen LogP contribution in [0.3, 0.4) is 0 Å². The van der Waals surface area contributed by atoms with E-state index in [0.29, 0.717) is 5.69 Å². The molecular weight excluding hydrogens is 281 g/mol. The lowest BCUT2D eigenvalue weighted by Crippen LogP contribution is -2.18. The fraction of sp³-hybridized carbons (Fsp3) is 0.133. The largest absolute Gasteiger partial charge is 0.417 e. The van der Waals surface area contributed by atoms with Crippen molar-refractivity contribution in [3.05, 3.63) is 58.4 Å². The molecule has 20 heavy (non-hydrogen) atoms. The van der Waals surface area contributed by atoms with Gasteiger partial charge in [-0.3, -0.25) is 5.32 Å². The highest BCUT2D eigenvalue weighted by molar-refractivity contribution is 6.32. The van der Waals surface area contributed by atoms with Crippen LogP contribution >= 0.6 is 11.6 Å². The molecule has 1 amide bonds. The third kappa shape index (κ3) is 3.27. The predicted octanol–water partition coefficient (Wildman–Crippen LogP) is 4.71. The first kappa shape index (κ1) is 14.3. The molecule has 0 aliphatic carbocycles. The minimum atomic E-state index is -0.670. The van der Waals surface area contributed by atoms with Crippen molar-refractivity contribution in [2.75, 3.05) is 5.32 Å². The molecule has 0 heterocycles.